The van der Waals surface area contributed by atoms with Gasteiger partial charge in [-0.3, -0.25) is 10.1 Å². The van der Waals surface area contributed by atoms with Gasteiger partial charge in [0, 0.05) is 6.92 Å². The van der Waals surface area contributed by atoms with Crippen molar-refractivity contribution >= 4 is 18.0 Å². The third kappa shape index (κ3) is 5.53. The van der Waals surface area contributed by atoms with Crippen molar-refractivity contribution in [2.24, 2.45) is 0 Å². The molecule has 0 saturated heterocycles. The second kappa shape index (κ2) is 7.00. The van der Waals surface area contributed by atoms with E-state index in [0.717, 1.165) is 12.5 Å². The molecule has 19 heavy (non-hydrogen) atoms. The van der Waals surface area contributed by atoms with Gasteiger partial charge in [0.1, 0.15) is 6.61 Å². The van der Waals surface area contributed by atoms with Crippen LogP contribution in [-0.2, 0) is 25.7 Å². The lowest BCUT2D eigenvalue weighted by Crippen LogP contribution is -2.43. The Balaban J connectivity index is 2.45. The molecule has 0 saturated carbocycles. The zero-order chi connectivity index (χ0) is 14.3. The van der Waals surface area contributed by atoms with E-state index < -0.39 is 24.3 Å². The molecule has 7 nitrogen and oxygen atoms in total. The Kier molecular flexibility index (Phi) is 5.34. The van der Waals surface area contributed by atoms with Crippen molar-refractivity contribution in [1.29, 1.82) is 0 Å². The summed E-state index contributed by atoms with van der Waals surface area (Å²) < 4.78 is 9.17. The van der Waals surface area contributed by atoms with E-state index in [-0.39, 0.29) is 6.61 Å². The van der Waals surface area contributed by atoms with Gasteiger partial charge < -0.3 is 14.6 Å². The highest BCUT2D eigenvalue weighted by Crippen LogP contribution is 2.01. The predicted octanol–water partition coefficient (Wildman–Crippen LogP) is 0.887. The van der Waals surface area contributed by atoms with Gasteiger partial charge >= 0.3 is 18.0 Å². The smallest absolute Gasteiger partial charge is 0.410 e. The van der Waals surface area contributed by atoms with Gasteiger partial charge in [0.2, 0.25) is 0 Å². The Bertz CT molecular complexity index is 459. The molecule has 7 heteroatoms. The summed E-state index contributed by atoms with van der Waals surface area (Å²) in [5.41, 5.74) is 0.747. The number of amides is 1. The van der Waals surface area contributed by atoms with E-state index in [1.165, 1.54) is 0 Å². The maximum atomic E-state index is 11.3. The molecule has 2 N–H and O–H groups in total. The molecule has 1 amide bonds. The number of hydrogen-bond donors (Lipinski definition) is 2. The van der Waals surface area contributed by atoms with Gasteiger partial charge in [-0.2, -0.15) is 0 Å². The normalized spacial score (nSPS) is 11.2. The number of ether oxygens (including phenoxy) is 2. The molecule has 0 aromatic heterocycles. The number of hydrogen-bond acceptors (Lipinski definition) is 5. The maximum absolute atomic E-state index is 11.3. The summed E-state index contributed by atoms with van der Waals surface area (Å²) in [6, 6.07) is 8.85. The number of rotatable bonds is 5. The molecule has 1 atom stereocenters. The summed E-state index contributed by atoms with van der Waals surface area (Å²) in [6.45, 7) is 1.02. The Morgan fingerprint density at radius 1 is 1.26 bits per heavy atom. The Labute approximate surface area is 109 Å². The van der Waals surface area contributed by atoms with Crippen LogP contribution < -0.4 is 5.32 Å². The lowest BCUT2D eigenvalue weighted by atomic mass is 10.2. The molecule has 0 spiro atoms. The number of carbonyl (C=O) groups is 3. The number of carboxylic acid groups (broad SMARTS) is 1. The van der Waals surface area contributed by atoms with E-state index in [2.05, 4.69) is 4.74 Å². The molecular formula is C12H13NO6. The third-order valence-electron chi connectivity index (χ3n) is 1.97. The molecule has 0 bridgehead atoms. The van der Waals surface area contributed by atoms with Crippen LogP contribution in [0.5, 0.6) is 0 Å². The van der Waals surface area contributed by atoms with Crippen LogP contribution in [0.4, 0.5) is 4.79 Å². The van der Waals surface area contributed by atoms with Crippen LogP contribution in [0.3, 0.4) is 0 Å². The number of nitrogens with one attached hydrogen (secondary N) is 1. The zero-order valence-electron chi connectivity index (χ0n) is 10.2. The van der Waals surface area contributed by atoms with Crippen molar-refractivity contribution in [1.82, 2.24) is 5.32 Å². The first kappa shape index (κ1) is 14.5. The lowest BCUT2D eigenvalue weighted by Gasteiger charge is -2.14. The third-order valence-corrected chi connectivity index (χ3v) is 1.97. The average molecular weight is 267 g/mol. The summed E-state index contributed by atoms with van der Waals surface area (Å²) in [5.74, 6) is -2.32. The van der Waals surface area contributed by atoms with Gasteiger partial charge in [-0.25, -0.2) is 9.59 Å². The minimum Gasteiger partial charge on any atom is -0.477 e. The summed E-state index contributed by atoms with van der Waals surface area (Å²) in [4.78, 5) is 32.7. The molecule has 0 radical (unpaired) electrons. The number of alkyl carbamates (subject to hydrolysis) is 1. The second-order valence-corrected chi connectivity index (χ2v) is 3.53. The molecule has 0 aliphatic rings. The molecule has 1 aromatic rings. The molecule has 0 aliphatic heterocycles. The van der Waals surface area contributed by atoms with Gasteiger partial charge in [0.15, 0.2) is 0 Å². The Morgan fingerprint density at radius 3 is 2.42 bits per heavy atom. The molecule has 1 aromatic carbocycles. The van der Waals surface area contributed by atoms with Gasteiger partial charge in [-0.1, -0.05) is 30.3 Å². The van der Waals surface area contributed by atoms with Crippen molar-refractivity contribution in [2.45, 2.75) is 19.8 Å². The fraction of sp³-hybridized carbons (Fsp3) is 0.250. The lowest BCUT2D eigenvalue weighted by molar-refractivity contribution is -0.164. The van der Waals surface area contributed by atoms with Crippen molar-refractivity contribution in [3.63, 3.8) is 0 Å². The first-order valence-electron chi connectivity index (χ1n) is 5.36. The number of carbonyl (C=O) groups excluding carboxylic acids is 2. The number of benzene rings is 1. The monoisotopic (exact) mass is 267 g/mol. The quantitative estimate of drug-likeness (QED) is 0.606. The predicted molar refractivity (Wildman–Crippen MR) is 63.0 cm³/mol. The first-order chi connectivity index (χ1) is 8.99. The molecule has 102 valence electrons. The Hall–Kier alpha value is -2.57. The van der Waals surface area contributed by atoms with Crippen molar-refractivity contribution in [3.05, 3.63) is 35.9 Å². The highest BCUT2D eigenvalue weighted by atomic mass is 16.6. The molecule has 0 heterocycles. The van der Waals surface area contributed by atoms with E-state index in [1.807, 2.05) is 11.4 Å². The van der Waals surface area contributed by atoms with Gasteiger partial charge in [-0.15, -0.1) is 0 Å². The van der Waals surface area contributed by atoms with E-state index >= 15 is 0 Å². The molecule has 1 rings (SSSR count). The molecular weight excluding hydrogens is 254 g/mol. The number of esters is 1. The van der Waals surface area contributed by atoms with E-state index in [9.17, 15) is 14.4 Å². The average Bonchev–Trinajstić information content (AvgIpc) is 2.36. The fourth-order valence-corrected chi connectivity index (χ4v) is 1.18. The van der Waals surface area contributed by atoms with Gasteiger partial charge in [0.05, 0.1) is 0 Å². The standard InChI is InChI=1S/C12H13NO6/c1-8(14)19-10(11(15)16)13-12(17)18-7-9-5-3-2-4-6-9/h2-6,10H,7H2,1H3,(H,13,17)(H,15,16). The van der Waals surface area contributed by atoms with E-state index in [4.69, 9.17) is 9.84 Å². The minimum absolute atomic E-state index is 0.0148. The van der Waals surface area contributed by atoms with Gasteiger partial charge in [-0.05, 0) is 5.56 Å². The number of aliphatic carboxylic acids is 1. The van der Waals surface area contributed by atoms with Crippen LogP contribution in [0.1, 0.15) is 12.5 Å². The molecule has 0 aliphatic carbocycles. The number of carboxylic acids is 1. The zero-order valence-corrected chi connectivity index (χ0v) is 10.2. The highest BCUT2D eigenvalue weighted by molar-refractivity contribution is 5.81. The minimum atomic E-state index is -1.76. The first-order valence-corrected chi connectivity index (χ1v) is 5.36. The topological polar surface area (TPSA) is 102 Å². The van der Waals surface area contributed by atoms with Crippen LogP contribution in [0.15, 0.2) is 30.3 Å². The summed E-state index contributed by atoms with van der Waals surface area (Å²) in [5, 5.41) is 10.6. The van der Waals surface area contributed by atoms with Crippen LogP contribution in [0, 0.1) is 0 Å². The molecule has 1 unspecified atom stereocenters. The van der Waals surface area contributed by atoms with Gasteiger partial charge in [0.25, 0.3) is 6.23 Å². The van der Waals surface area contributed by atoms with E-state index in [1.54, 1.807) is 24.3 Å². The summed E-state index contributed by atoms with van der Waals surface area (Å²) >= 11 is 0. The van der Waals surface area contributed by atoms with Crippen molar-refractivity contribution in [2.75, 3.05) is 0 Å². The van der Waals surface area contributed by atoms with Crippen LogP contribution in [-0.4, -0.2) is 29.4 Å². The largest absolute Gasteiger partial charge is 0.477 e. The Morgan fingerprint density at radius 2 is 1.89 bits per heavy atom. The highest BCUT2D eigenvalue weighted by Gasteiger charge is 2.23. The second-order valence-electron chi connectivity index (χ2n) is 3.53. The van der Waals surface area contributed by atoms with Crippen LogP contribution in [0.2, 0.25) is 0 Å². The van der Waals surface area contributed by atoms with Crippen LogP contribution in [0.25, 0.3) is 0 Å². The summed E-state index contributed by atoms with van der Waals surface area (Å²) in [6.07, 6.45) is -2.75. The summed E-state index contributed by atoms with van der Waals surface area (Å²) in [7, 11) is 0. The fourth-order valence-electron chi connectivity index (χ4n) is 1.18. The van der Waals surface area contributed by atoms with Crippen molar-refractivity contribution in [3.8, 4) is 0 Å². The maximum Gasteiger partial charge on any atom is 0.410 e. The van der Waals surface area contributed by atoms with Crippen molar-refractivity contribution < 1.29 is 29.0 Å². The SMILES string of the molecule is CC(=O)OC(NC(=O)OCc1ccccc1)C(=O)O. The molecule has 0 fully saturated rings. The van der Waals surface area contributed by atoms with Crippen LogP contribution >= 0.6 is 0 Å². The van der Waals surface area contributed by atoms with E-state index in [0.29, 0.717) is 0 Å².